The highest BCUT2D eigenvalue weighted by Gasteiger charge is 2.18. The molecule has 4 N–H and O–H groups in total. The summed E-state index contributed by atoms with van der Waals surface area (Å²) < 4.78 is 13.3. The van der Waals surface area contributed by atoms with E-state index in [1.165, 1.54) is 18.3 Å². The van der Waals surface area contributed by atoms with Crippen LogP contribution in [0.25, 0.3) is 11.2 Å². The fraction of sp³-hybridized carbons (Fsp3) is 0.235. The Balaban J connectivity index is 1.93. The second-order valence-corrected chi connectivity index (χ2v) is 6.58. The van der Waals surface area contributed by atoms with Crippen molar-refractivity contribution in [1.82, 2.24) is 15.0 Å². The molecule has 0 aliphatic carbocycles. The molecule has 0 saturated heterocycles. The number of hydrogen-bond donors (Lipinski definition) is 4. The molecule has 0 aliphatic heterocycles. The van der Waals surface area contributed by atoms with Gasteiger partial charge in [-0.15, -0.1) is 0 Å². The molecule has 136 valence electrons. The van der Waals surface area contributed by atoms with Crippen LogP contribution in [0.1, 0.15) is 19.4 Å². The third-order valence-corrected chi connectivity index (χ3v) is 3.97. The van der Waals surface area contributed by atoms with E-state index >= 15 is 0 Å². The molecule has 1 aromatic carbocycles. The zero-order valence-electron chi connectivity index (χ0n) is 14.2. The van der Waals surface area contributed by atoms with E-state index in [-0.39, 0.29) is 16.5 Å². The lowest BCUT2D eigenvalue weighted by Crippen LogP contribution is -2.27. The molecule has 9 heteroatoms. The molecule has 0 saturated carbocycles. The highest BCUT2D eigenvalue weighted by atomic mass is 35.5. The van der Waals surface area contributed by atoms with E-state index in [0.29, 0.717) is 33.7 Å². The number of amidine groups is 1. The van der Waals surface area contributed by atoms with Crippen LogP contribution < -0.4 is 10.4 Å². The first-order valence-electron chi connectivity index (χ1n) is 7.98. The van der Waals surface area contributed by atoms with E-state index in [1.54, 1.807) is 6.07 Å². The Bertz CT molecular complexity index is 958. The molecule has 0 fully saturated rings. The van der Waals surface area contributed by atoms with Crippen molar-refractivity contribution in [2.24, 2.45) is 5.92 Å². The van der Waals surface area contributed by atoms with Crippen molar-refractivity contribution in [2.45, 2.75) is 13.8 Å². The van der Waals surface area contributed by atoms with Gasteiger partial charge >= 0.3 is 0 Å². The molecule has 0 amide bonds. The summed E-state index contributed by atoms with van der Waals surface area (Å²) in [7, 11) is 0. The number of rotatable bonds is 5. The Morgan fingerprint density at radius 2 is 2.19 bits per heavy atom. The third kappa shape index (κ3) is 3.61. The van der Waals surface area contributed by atoms with Crippen molar-refractivity contribution in [1.29, 1.82) is 5.41 Å². The van der Waals surface area contributed by atoms with Gasteiger partial charge in [-0.1, -0.05) is 25.4 Å². The summed E-state index contributed by atoms with van der Waals surface area (Å²) in [5, 5.41) is 22.3. The molecule has 0 unspecified atom stereocenters. The first kappa shape index (κ1) is 18.1. The van der Waals surface area contributed by atoms with Crippen LogP contribution in [0.3, 0.4) is 0 Å². The molecule has 0 spiro atoms. The van der Waals surface area contributed by atoms with Gasteiger partial charge in [0.15, 0.2) is 11.5 Å². The van der Waals surface area contributed by atoms with Crippen molar-refractivity contribution < 1.29 is 9.60 Å². The topological polar surface area (TPSA) is 101 Å². The Morgan fingerprint density at radius 1 is 1.42 bits per heavy atom. The van der Waals surface area contributed by atoms with E-state index in [0.717, 1.165) is 12.6 Å². The molecule has 3 aromatic rings. The molecule has 0 atom stereocenters. The zero-order valence-corrected chi connectivity index (χ0v) is 15.0. The number of hydroxylamine groups is 1. The van der Waals surface area contributed by atoms with Crippen molar-refractivity contribution in [3.05, 3.63) is 46.9 Å². The number of aromatic nitrogens is 3. The lowest BCUT2D eigenvalue weighted by Gasteiger charge is -2.18. The number of H-pyrrole nitrogens is 1. The molecule has 26 heavy (non-hydrogen) atoms. The van der Waals surface area contributed by atoms with Gasteiger partial charge in [0.05, 0.1) is 16.2 Å². The number of pyridine rings is 1. The predicted molar refractivity (Wildman–Crippen MR) is 99.7 cm³/mol. The normalized spacial score (nSPS) is 11.2. The number of aromatic amines is 1. The molecule has 7 nitrogen and oxygen atoms in total. The molecule has 2 aromatic heterocycles. The van der Waals surface area contributed by atoms with Crippen LogP contribution in [-0.4, -0.2) is 32.5 Å². The number of hydrogen-bond acceptors (Lipinski definition) is 5. The first-order chi connectivity index (χ1) is 12.4. The van der Waals surface area contributed by atoms with Crippen LogP contribution >= 0.6 is 11.6 Å². The highest BCUT2D eigenvalue weighted by molar-refractivity contribution is 6.31. The largest absolute Gasteiger partial charge is 0.355 e. The maximum absolute atomic E-state index is 13.3. The smallest absolute Gasteiger partial charge is 0.202 e. The summed E-state index contributed by atoms with van der Waals surface area (Å²) in [6, 6.07) is 5.28. The quantitative estimate of drug-likeness (QED) is 0.306. The van der Waals surface area contributed by atoms with Gasteiger partial charge in [0.25, 0.3) is 0 Å². The molecular weight excluding hydrogens is 359 g/mol. The third-order valence-electron chi connectivity index (χ3n) is 3.68. The van der Waals surface area contributed by atoms with Crippen molar-refractivity contribution in [3.8, 4) is 0 Å². The fourth-order valence-corrected chi connectivity index (χ4v) is 2.53. The fourth-order valence-electron chi connectivity index (χ4n) is 2.35. The summed E-state index contributed by atoms with van der Waals surface area (Å²) in [6.45, 7) is 4.88. The number of imidazole rings is 1. The number of benzene rings is 1. The minimum Gasteiger partial charge on any atom is -0.355 e. The van der Waals surface area contributed by atoms with Crippen molar-refractivity contribution >= 4 is 40.2 Å². The summed E-state index contributed by atoms with van der Waals surface area (Å²) >= 11 is 5.75. The minimum absolute atomic E-state index is 0.143. The molecule has 3 rings (SSSR count). The van der Waals surface area contributed by atoms with Gasteiger partial charge < -0.3 is 10.3 Å². The zero-order chi connectivity index (χ0) is 18.8. The Morgan fingerprint density at radius 3 is 2.88 bits per heavy atom. The van der Waals surface area contributed by atoms with Crippen molar-refractivity contribution in [3.63, 3.8) is 0 Å². The molecular formula is C17H18ClFN6O. The lowest BCUT2D eigenvalue weighted by atomic mass is 10.2. The van der Waals surface area contributed by atoms with E-state index < -0.39 is 5.82 Å². The van der Waals surface area contributed by atoms with Gasteiger partial charge in [-0.3, -0.25) is 10.6 Å². The molecule has 0 aliphatic rings. The van der Waals surface area contributed by atoms with Gasteiger partial charge in [-0.25, -0.2) is 14.4 Å². The van der Waals surface area contributed by atoms with Crippen LogP contribution in [0, 0.1) is 17.1 Å². The van der Waals surface area contributed by atoms with Gasteiger partial charge in [0, 0.05) is 18.3 Å². The van der Waals surface area contributed by atoms with Crippen molar-refractivity contribution in [2.75, 3.05) is 16.9 Å². The van der Waals surface area contributed by atoms with Gasteiger partial charge in [-0.05, 0) is 30.2 Å². The maximum atomic E-state index is 13.3. The Labute approximate surface area is 154 Å². The second-order valence-electron chi connectivity index (χ2n) is 6.18. The van der Waals surface area contributed by atoms with Gasteiger partial charge in [0.1, 0.15) is 5.82 Å². The van der Waals surface area contributed by atoms with Gasteiger partial charge in [-0.2, -0.15) is 4.98 Å². The standard InChI is InChI=1S/C17H18ClFN6O/c1-9(2)8-22-17-23-14-11(5-6-21-16(14)24-17)15(20)25(26)10-3-4-13(19)12(18)7-10/h3-7,9,20,26H,8H2,1-2H3,(H2,21,22,23,24). The number of nitrogens with one attached hydrogen (secondary N) is 3. The summed E-state index contributed by atoms with van der Waals surface area (Å²) in [6.07, 6.45) is 1.50. The average molecular weight is 377 g/mol. The van der Waals surface area contributed by atoms with E-state index in [4.69, 9.17) is 17.0 Å². The van der Waals surface area contributed by atoms with Gasteiger partial charge in [0.2, 0.25) is 5.95 Å². The number of fused-ring (bicyclic) bond motifs is 1. The van der Waals surface area contributed by atoms with Crippen LogP contribution in [0.2, 0.25) is 5.02 Å². The molecule has 2 heterocycles. The van der Waals surface area contributed by atoms with Crippen LogP contribution in [0.5, 0.6) is 0 Å². The van der Waals surface area contributed by atoms with E-state index in [1.807, 2.05) is 0 Å². The van der Waals surface area contributed by atoms with E-state index in [9.17, 15) is 9.60 Å². The minimum atomic E-state index is -0.601. The number of halogens is 2. The number of nitrogens with zero attached hydrogens (tertiary/aromatic N) is 3. The monoisotopic (exact) mass is 376 g/mol. The van der Waals surface area contributed by atoms with E-state index in [2.05, 4.69) is 34.1 Å². The Hall–Kier alpha value is -2.71. The summed E-state index contributed by atoms with van der Waals surface area (Å²) in [5.74, 6) is 0.149. The predicted octanol–water partition coefficient (Wildman–Crippen LogP) is 4.04. The summed E-state index contributed by atoms with van der Waals surface area (Å²) in [5.41, 5.74) is 1.49. The second kappa shape index (κ2) is 7.27. The van der Waals surface area contributed by atoms with Crippen LogP contribution in [0.15, 0.2) is 30.5 Å². The Kier molecular flexibility index (Phi) is 5.06. The molecule has 0 radical (unpaired) electrons. The van der Waals surface area contributed by atoms with Crippen LogP contribution in [0.4, 0.5) is 16.0 Å². The number of anilines is 2. The molecule has 0 bridgehead atoms. The highest BCUT2D eigenvalue weighted by Crippen LogP contribution is 2.24. The summed E-state index contributed by atoms with van der Waals surface area (Å²) in [4.78, 5) is 11.6. The lowest BCUT2D eigenvalue weighted by molar-refractivity contribution is 0.312. The average Bonchev–Trinajstić information content (AvgIpc) is 3.04. The maximum Gasteiger partial charge on any atom is 0.202 e. The van der Waals surface area contributed by atoms with Crippen LogP contribution in [-0.2, 0) is 0 Å². The first-order valence-corrected chi connectivity index (χ1v) is 8.36. The SMILES string of the molecule is CC(C)CNc1nc2nccc(C(=N)N(O)c3ccc(F)c(Cl)c3)c2[nH]1.